The number of hydrogen-bond acceptors (Lipinski definition) is 3. The molecule has 62 valence electrons. The molecule has 0 bridgehead atoms. The van der Waals surface area contributed by atoms with Crippen LogP contribution in [0.3, 0.4) is 0 Å². The number of carbonyl (C=O) groups is 1. The van der Waals surface area contributed by atoms with Crippen molar-refractivity contribution in [3.05, 3.63) is 21.9 Å². The van der Waals surface area contributed by atoms with Crippen LogP contribution in [0.5, 0.6) is 0 Å². The fourth-order valence-electron chi connectivity index (χ4n) is 0.799. The lowest BCUT2D eigenvalue weighted by Gasteiger charge is -1.91. The maximum Gasteiger partial charge on any atom is 0.338 e. The number of rotatable bonds is 2. The highest BCUT2D eigenvalue weighted by molar-refractivity contribution is 7.10. The SMILES string of the molecule is C#CCc1cc(C(=O)OC)cs1. The summed E-state index contributed by atoms with van der Waals surface area (Å²) in [5, 5.41) is 1.75. The van der Waals surface area contributed by atoms with Gasteiger partial charge >= 0.3 is 5.97 Å². The molecule has 1 aromatic rings. The molecule has 1 heterocycles. The topological polar surface area (TPSA) is 26.3 Å². The molecule has 0 fully saturated rings. The van der Waals surface area contributed by atoms with Gasteiger partial charge in [0.05, 0.1) is 12.7 Å². The van der Waals surface area contributed by atoms with Crippen LogP contribution in [0.4, 0.5) is 0 Å². The lowest BCUT2D eigenvalue weighted by atomic mass is 10.3. The molecule has 2 nitrogen and oxygen atoms in total. The molecule has 0 saturated heterocycles. The first kappa shape index (κ1) is 8.82. The fraction of sp³-hybridized carbons (Fsp3) is 0.222. The number of hydrogen-bond donors (Lipinski definition) is 0. The lowest BCUT2D eigenvalue weighted by Crippen LogP contribution is -1.98. The lowest BCUT2D eigenvalue weighted by molar-refractivity contribution is 0.0601. The van der Waals surface area contributed by atoms with Crippen LogP contribution in [-0.2, 0) is 11.2 Å². The van der Waals surface area contributed by atoms with Gasteiger partial charge in [-0.25, -0.2) is 4.79 Å². The maximum absolute atomic E-state index is 11.0. The van der Waals surface area contributed by atoms with E-state index < -0.39 is 0 Å². The summed E-state index contributed by atoms with van der Waals surface area (Å²) in [6.45, 7) is 0. The highest BCUT2D eigenvalue weighted by Crippen LogP contribution is 2.15. The summed E-state index contributed by atoms with van der Waals surface area (Å²) in [6, 6.07) is 1.76. The predicted molar refractivity (Wildman–Crippen MR) is 48.2 cm³/mol. The minimum Gasteiger partial charge on any atom is -0.465 e. The molecular weight excluding hydrogens is 172 g/mol. The van der Waals surface area contributed by atoms with Gasteiger partial charge in [0.25, 0.3) is 0 Å². The van der Waals surface area contributed by atoms with Crippen molar-refractivity contribution < 1.29 is 9.53 Å². The Morgan fingerprint density at radius 3 is 3.17 bits per heavy atom. The van der Waals surface area contributed by atoms with Gasteiger partial charge < -0.3 is 4.74 Å². The Bertz CT molecular complexity index is 320. The van der Waals surface area contributed by atoms with E-state index in [1.54, 1.807) is 11.4 Å². The van der Waals surface area contributed by atoms with Crippen molar-refractivity contribution in [3.8, 4) is 12.3 Å². The highest BCUT2D eigenvalue weighted by atomic mass is 32.1. The molecule has 0 aliphatic rings. The van der Waals surface area contributed by atoms with E-state index >= 15 is 0 Å². The summed E-state index contributed by atoms with van der Waals surface area (Å²) in [6.07, 6.45) is 5.69. The van der Waals surface area contributed by atoms with Gasteiger partial charge in [-0.15, -0.1) is 23.7 Å². The third-order valence-electron chi connectivity index (χ3n) is 1.35. The van der Waals surface area contributed by atoms with Crippen LogP contribution >= 0.6 is 11.3 Å². The molecule has 0 aromatic carbocycles. The number of thiophene rings is 1. The van der Waals surface area contributed by atoms with Gasteiger partial charge in [-0.1, -0.05) is 0 Å². The highest BCUT2D eigenvalue weighted by Gasteiger charge is 2.07. The molecule has 0 aliphatic carbocycles. The van der Waals surface area contributed by atoms with Crippen molar-refractivity contribution >= 4 is 17.3 Å². The smallest absolute Gasteiger partial charge is 0.338 e. The number of methoxy groups -OCH3 is 1. The molecule has 0 N–H and O–H groups in total. The van der Waals surface area contributed by atoms with Crippen molar-refractivity contribution in [2.24, 2.45) is 0 Å². The van der Waals surface area contributed by atoms with Crippen LogP contribution in [0.2, 0.25) is 0 Å². The Hall–Kier alpha value is -1.27. The maximum atomic E-state index is 11.0. The van der Waals surface area contributed by atoms with E-state index in [-0.39, 0.29) is 5.97 Å². The Balaban J connectivity index is 2.78. The Morgan fingerprint density at radius 2 is 2.58 bits per heavy atom. The third-order valence-corrected chi connectivity index (χ3v) is 2.29. The second-order valence-electron chi connectivity index (χ2n) is 2.17. The van der Waals surface area contributed by atoms with Crippen molar-refractivity contribution in [2.45, 2.75) is 6.42 Å². The molecule has 0 saturated carbocycles. The van der Waals surface area contributed by atoms with Crippen LogP contribution in [0.1, 0.15) is 15.2 Å². The summed E-state index contributed by atoms with van der Waals surface area (Å²) < 4.78 is 4.54. The van der Waals surface area contributed by atoms with E-state index in [1.807, 2.05) is 0 Å². The van der Waals surface area contributed by atoms with E-state index in [9.17, 15) is 4.79 Å². The first-order chi connectivity index (χ1) is 5.77. The van der Waals surface area contributed by atoms with Crippen molar-refractivity contribution in [3.63, 3.8) is 0 Å². The summed E-state index contributed by atoms with van der Waals surface area (Å²) in [7, 11) is 1.36. The van der Waals surface area contributed by atoms with Gasteiger partial charge in [0, 0.05) is 16.7 Å². The zero-order chi connectivity index (χ0) is 8.97. The summed E-state index contributed by atoms with van der Waals surface area (Å²) in [5.74, 6) is 2.20. The molecule has 0 unspecified atom stereocenters. The van der Waals surface area contributed by atoms with Gasteiger partial charge in [-0.2, -0.15) is 0 Å². The van der Waals surface area contributed by atoms with E-state index in [1.165, 1.54) is 18.4 Å². The molecule has 0 spiro atoms. The average Bonchev–Trinajstić information content (AvgIpc) is 2.52. The van der Waals surface area contributed by atoms with E-state index in [0.717, 1.165) is 4.88 Å². The van der Waals surface area contributed by atoms with Gasteiger partial charge in [0.1, 0.15) is 0 Å². The van der Waals surface area contributed by atoms with Gasteiger partial charge in [0.2, 0.25) is 0 Å². The zero-order valence-corrected chi connectivity index (χ0v) is 7.48. The zero-order valence-electron chi connectivity index (χ0n) is 6.66. The Labute approximate surface area is 75.2 Å². The van der Waals surface area contributed by atoms with E-state index in [4.69, 9.17) is 6.42 Å². The monoisotopic (exact) mass is 180 g/mol. The number of carbonyl (C=O) groups excluding carboxylic acids is 1. The molecule has 0 radical (unpaired) electrons. The quantitative estimate of drug-likeness (QED) is 0.511. The van der Waals surface area contributed by atoms with E-state index in [0.29, 0.717) is 12.0 Å². The first-order valence-electron chi connectivity index (χ1n) is 3.37. The van der Waals surface area contributed by atoms with Crippen molar-refractivity contribution in [2.75, 3.05) is 7.11 Å². The summed E-state index contributed by atoms with van der Waals surface area (Å²) >= 11 is 1.47. The van der Waals surface area contributed by atoms with Gasteiger partial charge in [-0.05, 0) is 6.07 Å². The predicted octanol–water partition coefficient (Wildman–Crippen LogP) is 1.71. The number of terminal acetylenes is 1. The van der Waals surface area contributed by atoms with Gasteiger partial charge in [-0.3, -0.25) is 0 Å². The molecule has 12 heavy (non-hydrogen) atoms. The average molecular weight is 180 g/mol. The van der Waals surface area contributed by atoms with Crippen molar-refractivity contribution in [1.82, 2.24) is 0 Å². The first-order valence-corrected chi connectivity index (χ1v) is 4.25. The second-order valence-corrected chi connectivity index (χ2v) is 3.17. The molecule has 0 atom stereocenters. The van der Waals surface area contributed by atoms with Crippen LogP contribution in [-0.4, -0.2) is 13.1 Å². The molecule has 1 aromatic heterocycles. The van der Waals surface area contributed by atoms with Crippen molar-refractivity contribution in [1.29, 1.82) is 0 Å². The number of ether oxygens (including phenoxy) is 1. The standard InChI is InChI=1S/C9H8O2S/c1-3-4-8-5-7(6-12-8)9(10)11-2/h1,5-6H,4H2,2H3. The third kappa shape index (κ3) is 1.86. The summed E-state index contributed by atoms with van der Waals surface area (Å²) in [5.41, 5.74) is 0.577. The molecular formula is C9H8O2S. The molecule has 0 amide bonds. The van der Waals surface area contributed by atoms with Gasteiger partial charge in [0.15, 0.2) is 0 Å². The molecule has 0 aliphatic heterocycles. The minimum atomic E-state index is -0.311. The molecule has 1 rings (SSSR count). The van der Waals surface area contributed by atoms with Crippen LogP contribution in [0, 0.1) is 12.3 Å². The summed E-state index contributed by atoms with van der Waals surface area (Å²) in [4.78, 5) is 12.0. The minimum absolute atomic E-state index is 0.311. The number of esters is 1. The Morgan fingerprint density at radius 1 is 1.83 bits per heavy atom. The normalized spacial score (nSPS) is 9.00. The van der Waals surface area contributed by atoms with E-state index in [2.05, 4.69) is 10.7 Å². The second kappa shape index (κ2) is 3.93. The molecule has 3 heteroatoms. The Kier molecular flexibility index (Phi) is 2.89. The van der Waals surface area contributed by atoms with Crippen LogP contribution in [0.15, 0.2) is 11.4 Å². The largest absolute Gasteiger partial charge is 0.465 e. The van der Waals surface area contributed by atoms with Crippen LogP contribution in [0.25, 0.3) is 0 Å². The fourth-order valence-corrected chi connectivity index (χ4v) is 1.60. The van der Waals surface area contributed by atoms with Crippen LogP contribution < -0.4 is 0 Å².